The minimum Gasteiger partial charge on any atom is -0.507 e. The summed E-state index contributed by atoms with van der Waals surface area (Å²) in [6, 6.07) is 9.88. The third-order valence-electron chi connectivity index (χ3n) is 6.25. The van der Waals surface area contributed by atoms with Gasteiger partial charge in [-0.1, -0.05) is 36.6 Å². The number of halogens is 1. The van der Waals surface area contributed by atoms with Crippen LogP contribution in [0.1, 0.15) is 48.4 Å². The Labute approximate surface area is 192 Å². The Kier molecular flexibility index (Phi) is 6.15. The summed E-state index contributed by atoms with van der Waals surface area (Å²) in [5.74, 6) is -0.730. The zero-order chi connectivity index (χ0) is 23.0. The predicted molar refractivity (Wildman–Crippen MR) is 122 cm³/mol. The molecule has 1 amide bonds. The number of amides is 1. The summed E-state index contributed by atoms with van der Waals surface area (Å²) in [6.45, 7) is 1.83. The number of carbonyl (C=O) groups excluding carboxylic acids is 2. The first kappa shape index (κ1) is 22.2. The number of ether oxygens (including phenoxy) is 2. The number of methoxy groups -OCH3 is 2. The molecule has 4 rings (SSSR count). The molecule has 168 valence electrons. The molecule has 32 heavy (non-hydrogen) atoms. The van der Waals surface area contributed by atoms with Gasteiger partial charge in [-0.25, -0.2) is 0 Å². The van der Waals surface area contributed by atoms with E-state index in [0.29, 0.717) is 16.3 Å². The summed E-state index contributed by atoms with van der Waals surface area (Å²) in [5.41, 5.74) is 1.82. The zero-order valence-corrected chi connectivity index (χ0v) is 19.1. The fourth-order valence-corrected chi connectivity index (χ4v) is 5.16. The highest BCUT2D eigenvalue weighted by atomic mass is 35.5. The van der Waals surface area contributed by atoms with Crippen LogP contribution in [0.5, 0.6) is 11.5 Å². The number of rotatable bonds is 5. The number of ketones is 1. The largest absolute Gasteiger partial charge is 0.507 e. The summed E-state index contributed by atoms with van der Waals surface area (Å²) >= 11 is 6.34. The van der Waals surface area contributed by atoms with Crippen LogP contribution in [0, 0.1) is 6.92 Å². The molecule has 2 aromatic rings. The molecular weight excluding hydrogens is 430 g/mol. The van der Waals surface area contributed by atoms with Gasteiger partial charge in [-0.2, -0.15) is 0 Å². The van der Waals surface area contributed by atoms with Gasteiger partial charge in [0.05, 0.1) is 36.4 Å². The first-order valence-electron chi connectivity index (χ1n) is 10.7. The van der Waals surface area contributed by atoms with Crippen molar-refractivity contribution in [2.75, 3.05) is 14.2 Å². The Bertz CT molecular complexity index is 1100. The molecule has 1 heterocycles. The standard InChI is InChI=1S/C25H26ClNO5/c1-14-11-18(24(32-3)19(26)12-14)22(28)20-21(15-7-6-10-17(13-15)31-2)27(25(30)23(20)29)16-8-4-5-9-16/h6-7,10-13,16,21,28H,4-5,8-9H2,1-3H3/b22-20+. The molecule has 1 saturated heterocycles. The molecule has 1 saturated carbocycles. The monoisotopic (exact) mass is 455 g/mol. The van der Waals surface area contributed by atoms with Gasteiger partial charge < -0.3 is 19.5 Å². The van der Waals surface area contributed by atoms with Crippen molar-refractivity contribution in [3.05, 3.63) is 63.7 Å². The van der Waals surface area contributed by atoms with Gasteiger partial charge >= 0.3 is 0 Å². The van der Waals surface area contributed by atoms with Crippen molar-refractivity contribution in [3.63, 3.8) is 0 Å². The highest BCUT2D eigenvalue weighted by Crippen LogP contribution is 2.45. The minimum atomic E-state index is -0.725. The first-order chi connectivity index (χ1) is 15.4. The number of benzene rings is 2. The van der Waals surface area contributed by atoms with Crippen LogP contribution in [0.2, 0.25) is 5.02 Å². The summed E-state index contributed by atoms with van der Waals surface area (Å²) in [5, 5.41) is 11.7. The van der Waals surface area contributed by atoms with Gasteiger partial charge in [0, 0.05) is 6.04 Å². The minimum absolute atomic E-state index is 0.0371. The Hall–Kier alpha value is -2.99. The maximum absolute atomic E-state index is 13.3. The average Bonchev–Trinajstić information content (AvgIpc) is 3.39. The van der Waals surface area contributed by atoms with Crippen molar-refractivity contribution in [2.45, 2.75) is 44.7 Å². The van der Waals surface area contributed by atoms with Crippen molar-refractivity contribution in [3.8, 4) is 11.5 Å². The lowest BCUT2D eigenvalue weighted by Crippen LogP contribution is -2.37. The van der Waals surface area contributed by atoms with E-state index in [0.717, 1.165) is 31.2 Å². The molecule has 2 aromatic carbocycles. The lowest BCUT2D eigenvalue weighted by Gasteiger charge is -2.31. The van der Waals surface area contributed by atoms with Crippen LogP contribution in [-0.4, -0.2) is 42.0 Å². The van der Waals surface area contributed by atoms with Crippen molar-refractivity contribution in [1.82, 2.24) is 4.90 Å². The van der Waals surface area contributed by atoms with E-state index >= 15 is 0 Å². The third kappa shape index (κ3) is 3.73. The van der Waals surface area contributed by atoms with Crippen LogP contribution >= 0.6 is 11.6 Å². The Morgan fingerprint density at radius 1 is 1.09 bits per heavy atom. The third-order valence-corrected chi connectivity index (χ3v) is 6.54. The van der Waals surface area contributed by atoms with E-state index < -0.39 is 17.7 Å². The Balaban J connectivity index is 1.96. The maximum Gasteiger partial charge on any atom is 0.295 e. The van der Waals surface area contributed by atoms with Gasteiger partial charge in [-0.05, 0) is 55.2 Å². The molecule has 0 radical (unpaired) electrons. The van der Waals surface area contributed by atoms with E-state index in [1.165, 1.54) is 7.11 Å². The topological polar surface area (TPSA) is 76.1 Å². The number of aliphatic hydroxyl groups excluding tert-OH is 1. The fourth-order valence-electron chi connectivity index (χ4n) is 4.81. The van der Waals surface area contributed by atoms with Crippen LogP contribution in [0.15, 0.2) is 42.0 Å². The van der Waals surface area contributed by atoms with E-state index in [9.17, 15) is 14.7 Å². The van der Waals surface area contributed by atoms with Gasteiger partial charge in [0.2, 0.25) is 0 Å². The number of likely N-dealkylation sites (tertiary alicyclic amines) is 1. The SMILES string of the molecule is COc1cccc(C2/C(=C(\O)c3cc(C)cc(Cl)c3OC)C(=O)C(=O)N2C2CCCC2)c1. The first-order valence-corrected chi connectivity index (χ1v) is 11.0. The van der Waals surface area contributed by atoms with E-state index in [2.05, 4.69) is 0 Å². The number of carbonyl (C=O) groups is 2. The van der Waals surface area contributed by atoms with Gasteiger partial charge in [-0.3, -0.25) is 9.59 Å². The second-order valence-corrected chi connectivity index (χ2v) is 8.66. The molecule has 1 aliphatic carbocycles. The molecule has 1 unspecified atom stereocenters. The van der Waals surface area contributed by atoms with E-state index in [4.69, 9.17) is 21.1 Å². The number of hydrogen-bond donors (Lipinski definition) is 1. The summed E-state index contributed by atoms with van der Waals surface area (Å²) in [6.07, 6.45) is 3.65. The Morgan fingerprint density at radius 3 is 2.47 bits per heavy atom. The van der Waals surface area contributed by atoms with E-state index in [-0.39, 0.29) is 28.7 Å². The lowest BCUT2D eigenvalue weighted by atomic mass is 9.93. The molecule has 6 nitrogen and oxygen atoms in total. The van der Waals surface area contributed by atoms with Crippen molar-refractivity contribution >= 4 is 29.1 Å². The lowest BCUT2D eigenvalue weighted by molar-refractivity contribution is -0.141. The molecule has 1 aliphatic heterocycles. The van der Waals surface area contributed by atoms with Crippen molar-refractivity contribution in [1.29, 1.82) is 0 Å². The van der Waals surface area contributed by atoms with Crippen LogP contribution in [0.4, 0.5) is 0 Å². The maximum atomic E-state index is 13.3. The Morgan fingerprint density at radius 2 is 1.81 bits per heavy atom. The molecular formula is C25H26ClNO5. The zero-order valence-electron chi connectivity index (χ0n) is 18.4. The predicted octanol–water partition coefficient (Wildman–Crippen LogP) is 5.03. The highest BCUT2D eigenvalue weighted by Gasteiger charge is 2.49. The molecule has 0 spiro atoms. The van der Waals surface area contributed by atoms with Crippen molar-refractivity contribution < 1.29 is 24.2 Å². The smallest absolute Gasteiger partial charge is 0.295 e. The van der Waals surface area contributed by atoms with Crippen LogP contribution in [-0.2, 0) is 9.59 Å². The quantitative estimate of drug-likeness (QED) is 0.388. The van der Waals surface area contributed by atoms with Crippen LogP contribution < -0.4 is 9.47 Å². The number of aliphatic hydroxyl groups is 1. The second-order valence-electron chi connectivity index (χ2n) is 8.25. The summed E-state index contributed by atoms with van der Waals surface area (Å²) in [7, 11) is 3.01. The highest BCUT2D eigenvalue weighted by molar-refractivity contribution is 6.46. The van der Waals surface area contributed by atoms with Crippen LogP contribution in [0.3, 0.4) is 0 Å². The number of nitrogens with zero attached hydrogens (tertiary/aromatic N) is 1. The summed E-state index contributed by atoms with van der Waals surface area (Å²) < 4.78 is 10.8. The summed E-state index contributed by atoms with van der Waals surface area (Å²) in [4.78, 5) is 28.1. The molecule has 2 aliphatic rings. The average molecular weight is 456 g/mol. The van der Waals surface area contributed by atoms with Gasteiger partial charge in [0.1, 0.15) is 17.3 Å². The number of Topliss-reactive ketones (excluding diaryl/α,β-unsaturated/α-hetero) is 1. The second kappa shape index (κ2) is 8.87. The molecule has 1 N–H and O–H groups in total. The van der Waals surface area contributed by atoms with E-state index in [1.807, 2.05) is 19.1 Å². The fraction of sp³-hybridized carbons (Fsp3) is 0.360. The molecule has 1 atom stereocenters. The van der Waals surface area contributed by atoms with Gasteiger partial charge in [-0.15, -0.1) is 0 Å². The molecule has 0 aromatic heterocycles. The molecule has 2 fully saturated rings. The number of aryl methyl sites for hydroxylation is 1. The van der Waals surface area contributed by atoms with Crippen LogP contribution in [0.25, 0.3) is 5.76 Å². The normalized spacial score (nSPS) is 20.8. The molecule has 7 heteroatoms. The molecule has 0 bridgehead atoms. The number of hydrogen-bond acceptors (Lipinski definition) is 5. The van der Waals surface area contributed by atoms with E-state index in [1.54, 1.807) is 36.3 Å². The van der Waals surface area contributed by atoms with Gasteiger partial charge in [0.15, 0.2) is 0 Å². The van der Waals surface area contributed by atoms with Crippen molar-refractivity contribution in [2.24, 2.45) is 0 Å². The van der Waals surface area contributed by atoms with Gasteiger partial charge in [0.25, 0.3) is 11.7 Å².